The van der Waals surface area contributed by atoms with Crippen LogP contribution in [0.5, 0.6) is 0 Å². The van der Waals surface area contributed by atoms with Crippen LogP contribution in [0.15, 0.2) is 35.3 Å². The second-order valence-electron chi connectivity index (χ2n) is 3.34. The van der Waals surface area contributed by atoms with E-state index in [1.807, 2.05) is 0 Å². The van der Waals surface area contributed by atoms with E-state index in [2.05, 4.69) is 4.98 Å². The van der Waals surface area contributed by atoms with Crippen molar-refractivity contribution in [2.24, 2.45) is 0 Å². The number of pyridine rings is 1. The Morgan fingerprint density at radius 3 is 2.59 bits per heavy atom. The van der Waals surface area contributed by atoms with Gasteiger partial charge in [-0.3, -0.25) is 4.79 Å². The SMILES string of the molecule is N#Cc1c(-c2ccc(F)c(F)c2)cc[nH]c1=O. The molecule has 17 heavy (non-hydrogen) atoms. The Labute approximate surface area is 95.0 Å². The molecule has 84 valence electrons. The summed E-state index contributed by atoms with van der Waals surface area (Å²) in [6.07, 6.45) is 1.35. The Hall–Kier alpha value is -2.48. The van der Waals surface area contributed by atoms with Crippen molar-refractivity contribution in [3.05, 3.63) is 58.0 Å². The number of benzene rings is 1. The topological polar surface area (TPSA) is 56.6 Å². The molecule has 2 aromatic rings. The van der Waals surface area contributed by atoms with Crippen LogP contribution in [0.25, 0.3) is 11.1 Å². The van der Waals surface area contributed by atoms with E-state index < -0.39 is 17.2 Å². The lowest BCUT2D eigenvalue weighted by Gasteiger charge is -2.03. The maximum absolute atomic E-state index is 13.1. The lowest BCUT2D eigenvalue weighted by Crippen LogP contribution is -2.10. The van der Waals surface area contributed by atoms with Crippen LogP contribution in [-0.2, 0) is 0 Å². The minimum Gasteiger partial charge on any atom is -0.328 e. The summed E-state index contributed by atoms with van der Waals surface area (Å²) in [6.45, 7) is 0. The average molecular weight is 232 g/mol. The number of halogens is 2. The third-order valence-corrected chi connectivity index (χ3v) is 2.30. The van der Waals surface area contributed by atoms with Crippen molar-refractivity contribution in [2.45, 2.75) is 0 Å². The second kappa shape index (κ2) is 4.18. The summed E-state index contributed by atoms with van der Waals surface area (Å²) < 4.78 is 25.8. The summed E-state index contributed by atoms with van der Waals surface area (Å²) in [7, 11) is 0. The molecule has 0 unspecified atom stereocenters. The zero-order chi connectivity index (χ0) is 12.4. The van der Waals surface area contributed by atoms with Gasteiger partial charge in [0.05, 0.1) is 0 Å². The molecule has 0 bridgehead atoms. The largest absolute Gasteiger partial charge is 0.328 e. The molecule has 2 rings (SSSR count). The first-order valence-corrected chi connectivity index (χ1v) is 4.70. The van der Waals surface area contributed by atoms with Gasteiger partial charge in [0.25, 0.3) is 5.56 Å². The van der Waals surface area contributed by atoms with E-state index in [0.29, 0.717) is 0 Å². The van der Waals surface area contributed by atoms with Gasteiger partial charge in [-0.05, 0) is 23.8 Å². The molecule has 0 radical (unpaired) electrons. The summed E-state index contributed by atoms with van der Waals surface area (Å²) in [5, 5.41) is 8.85. The van der Waals surface area contributed by atoms with Gasteiger partial charge in [-0.15, -0.1) is 0 Å². The average Bonchev–Trinajstić information content (AvgIpc) is 2.32. The van der Waals surface area contributed by atoms with Crippen LogP contribution >= 0.6 is 0 Å². The van der Waals surface area contributed by atoms with Crippen molar-refractivity contribution < 1.29 is 8.78 Å². The number of aromatic nitrogens is 1. The summed E-state index contributed by atoms with van der Waals surface area (Å²) >= 11 is 0. The van der Waals surface area contributed by atoms with Crippen LogP contribution in [0, 0.1) is 23.0 Å². The van der Waals surface area contributed by atoms with E-state index in [-0.39, 0.29) is 16.7 Å². The molecule has 0 saturated carbocycles. The molecule has 1 N–H and O–H groups in total. The third-order valence-electron chi connectivity index (χ3n) is 2.30. The summed E-state index contributed by atoms with van der Waals surface area (Å²) in [6, 6.07) is 6.42. The van der Waals surface area contributed by atoms with Crippen LogP contribution in [0.1, 0.15) is 5.56 Å². The summed E-state index contributed by atoms with van der Waals surface area (Å²) in [5.41, 5.74) is -0.130. The second-order valence-corrected chi connectivity index (χ2v) is 3.34. The highest BCUT2D eigenvalue weighted by Crippen LogP contribution is 2.22. The van der Waals surface area contributed by atoms with Gasteiger partial charge in [-0.2, -0.15) is 5.26 Å². The Morgan fingerprint density at radius 2 is 1.94 bits per heavy atom. The monoisotopic (exact) mass is 232 g/mol. The fourth-order valence-corrected chi connectivity index (χ4v) is 1.49. The van der Waals surface area contributed by atoms with Crippen LogP contribution in [0.2, 0.25) is 0 Å². The fraction of sp³-hybridized carbons (Fsp3) is 0. The molecule has 1 aromatic carbocycles. The molecule has 5 heteroatoms. The van der Waals surface area contributed by atoms with Gasteiger partial charge in [0.1, 0.15) is 11.6 Å². The lowest BCUT2D eigenvalue weighted by atomic mass is 10.0. The number of nitriles is 1. The van der Waals surface area contributed by atoms with E-state index in [0.717, 1.165) is 12.1 Å². The molecule has 3 nitrogen and oxygen atoms in total. The normalized spacial score (nSPS) is 9.94. The van der Waals surface area contributed by atoms with Gasteiger partial charge in [0.2, 0.25) is 0 Å². The molecule has 0 spiro atoms. The van der Waals surface area contributed by atoms with E-state index >= 15 is 0 Å². The third kappa shape index (κ3) is 1.93. The Kier molecular flexibility index (Phi) is 2.71. The highest BCUT2D eigenvalue weighted by molar-refractivity contribution is 5.69. The molecule has 0 aliphatic carbocycles. The van der Waals surface area contributed by atoms with Gasteiger partial charge in [-0.1, -0.05) is 6.07 Å². The first-order valence-electron chi connectivity index (χ1n) is 4.70. The van der Waals surface area contributed by atoms with Crippen molar-refractivity contribution in [3.8, 4) is 17.2 Å². The summed E-state index contributed by atoms with van der Waals surface area (Å²) in [5.74, 6) is -2.00. The molecular weight excluding hydrogens is 226 g/mol. The quantitative estimate of drug-likeness (QED) is 0.819. The molecule has 0 aliphatic rings. The van der Waals surface area contributed by atoms with Crippen molar-refractivity contribution in [1.82, 2.24) is 4.98 Å². The lowest BCUT2D eigenvalue weighted by molar-refractivity contribution is 0.509. The number of nitrogens with one attached hydrogen (secondary N) is 1. The van der Waals surface area contributed by atoms with Crippen molar-refractivity contribution in [3.63, 3.8) is 0 Å². The molecular formula is C12H6F2N2O. The van der Waals surface area contributed by atoms with Crippen LogP contribution in [-0.4, -0.2) is 4.98 Å². The van der Waals surface area contributed by atoms with Gasteiger partial charge >= 0.3 is 0 Å². The number of hydrogen-bond acceptors (Lipinski definition) is 2. The van der Waals surface area contributed by atoms with Gasteiger partial charge in [0, 0.05) is 11.8 Å². The standard InChI is InChI=1S/C12H6F2N2O/c13-10-2-1-7(5-11(10)14)8-3-4-16-12(17)9(8)6-15/h1-5H,(H,16,17). The van der Waals surface area contributed by atoms with Crippen molar-refractivity contribution in [2.75, 3.05) is 0 Å². The highest BCUT2D eigenvalue weighted by Gasteiger charge is 2.10. The number of aromatic amines is 1. The van der Waals surface area contributed by atoms with Gasteiger partial charge in [0.15, 0.2) is 11.6 Å². The van der Waals surface area contributed by atoms with Crippen molar-refractivity contribution >= 4 is 0 Å². The van der Waals surface area contributed by atoms with Gasteiger partial charge < -0.3 is 4.98 Å². The molecule has 0 aliphatic heterocycles. The molecule has 1 heterocycles. The Bertz CT molecular complexity index is 671. The fourth-order valence-electron chi connectivity index (χ4n) is 1.49. The van der Waals surface area contributed by atoms with Crippen molar-refractivity contribution in [1.29, 1.82) is 5.26 Å². The van der Waals surface area contributed by atoms with E-state index in [9.17, 15) is 13.6 Å². The minimum absolute atomic E-state index is 0.126. The number of H-pyrrole nitrogens is 1. The van der Waals surface area contributed by atoms with Crippen LogP contribution in [0.4, 0.5) is 8.78 Å². The predicted molar refractivity (Wildman–Crippen MR) is 57.1 cm³/mol. The van der Waals surface area contributed by atoms with Crippen LogP contribution in [0.3, 0.4) is 0 Å². The predicted octanol–water partition coefficient (Wildman–Crippen LogP) is 2.19. The van der Waals surface area contributed by atoms with E-state index in [4.69, 9.17) is 5.26 Å². The first kappa shape index (κ1) is 11.0. The van der Waals surface area contributed by atoms with E-state index in [1.54, 1.807) is 6.07 Å². The number of hydrogen-bond donors (Lipinski definition) is 1. The minimum atomic E-state index is -1.02. The first-order chi connectivity index (χ1) is 8.13. The molecule has 1 aromatic heterocycles. The molecule has 0 amide bonds. The zero-order valence-corrected chi connectivity index (χ0v) is 8.50. The number of nitrogens with zero attached hydrogens (tertiary/aromatic N) is 1. The highest BCUT2D eigenvalue weighted by atomic mass is 19.2. The Morgan fingerprint density at radius 1 is 1.18 bits per heavy atom. The number of rotatable bonds is 1. The summed E-state index contributed by atoms with van der Waals surface area (Å²) in [4.78, 5) is 13.7. The maximum Gasteiger partial charge on any atom is 0.266 e. The smallest absolute Gasteiger partial charge is 0.266 e. The maximum atomic E-state index is 13.1. The zero-order valence-electron chi connectivity index (χ0n) is 8.50. The Balaban J connectivity index is 2.69. The molecule has 0 saturated heterocycles. The van der Waals surface area contributed by atoms with Crippen LogP contribution < -0.4 is 5.56 Å². The molecule has 0 atom stereocenters. The van der Waals surface area contributed by atoms with E-state index in [1.165, 1.54) is 18.3 Å². The molecule has 0 fully saturated rings. The van der Waals surface area contributed by atoms with Gasteiger partial charge in [-0.25, -0.2) is 8.78 Å².